The maximum absolute atomic E-state index is 9.97. The van der Waals surface area contributed by atoms with E-state index < -0.39 is 6.10 Å². The molecule has 1 fully saturated rings. The first-order chi connectivity index (χ1) is 9.65. The molecule has 2 N–H and O–H groups in total. The van der Waals surface area contributed by atoms with Crippen LogP contribution in [0.25, 0.3) is 0 Å². The van der Waals surface area contributed by atoms with Gasteiger partial charge in [0, 0.05) is 12.6 Å². The van der Waals surface area contributed by atoms with E-state index >= 15 is 0 Å². The number of nitrogens with one attached hydrogen (secondary N) is 1. The molecule has 0 heterocycles. The van der Waals surface area contributed by atoms with Gasteiger partial charge >= 0.3 is 0 Å². The van der Waals surface area contributed by atoms with Crippen LogP contribution in [-0.2, 0) is 4.74 Å². The fraction of sp³-hybridized carbons (Fsp3) is 0.647. The molecule has 0 radical (unpaired) electrons. The fourth-order valence-corrected chi connectivity index (χ4v) is 2.73. The Bertz CT molecular complexity index is 402. The van der Waals surface area contributed by atoms with E-state index in [4.69, 9.17) is 4.74 Å². The molecule has 3 heteroatoms. The van der Waals surface area contributed by atoms with Crippen molar-refractivity contribution in [2.24, 2.45) is 0 Å². The lowest BCUT2D eigenvalue weighted by atomic mass is 10.1. The van der Waals surface area contributed by atoms with Crippen LogP contribution in [0.3, 0.4) is 0 Å². The highest BCUT2D eigenvalue weighted by atomic mass is 16.5. The van der Waals surface area contributed by atoms with Gasteiger partial charge in [0.1, 0.15) is 0 Å². The third kappa shape index (κ3) is 4.89. The number of hydrogen-bond acceptors (Lipinski definition) is 3. The van der Waals surface area contributed by atoms with Crippen LogP contribution >= 0.6 is 0 Å². The third-order valence-electron chi connectivity index (χ3n) is 4.03. The highest BCUT2D eigenvalue weighted by Crippen LogP contribution is 2.21. The van der Waals surface area contributed by atoms with Crippen LogP contribution in [0.2, 0.25) is 0 Å². The highest BCUT2D eigenvalue weighted by Gasteiger charge is 2.17. The lowest BCUT2D eigenvalue weighted by Crippen LogP contribution is -2.33. The molecule has 1 aromatic carbocycles. The summed E-state index contributed by atoms with van der Waals surface area (Å²) in [5.41, 5.74) is 2.52. The number of aliphatic hydroxyl groups is 1. The molecule has 1 aliphatic carbocycles. The molecule has 0 bridgehead atoms. The zero-order valence-electron chi connectivity index (χ0n) is 12.6. The van der Waals surface area contributed by atoms with E-state index in [-0.39, 0.29) is 6.04 Å². The molecule has 2 atom stereocenters. The van der Waals surface area contributed by atoms with Crippen molar-refractivity contribution in [2.45, 2.75) is 57.8 Å². The SMILES string of the molecule is Cc1cccc([C@H](C)NCC(O)COC2CCCC2)c1. The second-order valence-electron chi connectivity index (χ2n) is 5.94. The van der Waals surface area contributed by atoms with Gasteiger partial charge in [-0.05, 0) is 32.3 Å². The van der Waals surface area contributed by atoms with Crippen LogP contribution in [0, 0.1) is 6.92 Å². The first-order valence-corrected chi connectivity index (χ1v) is 7.75. The van der Waals surface area contributed by atoms with Crippen LogP contribution < -0.4 is 5.32 Å². The standard InChI is InChI=1S/C17H27NO2/c1-13-6-5-7-15(10-13)14(2)18-11-16(19)12-20-17-8-3-4-9-17/h5-7,10,14,16-19H,3-4,8-9,11-12H2,1-2H3/t14-,16?/m0/s1. The van der Waals surface area contributed by atoms with Crippen molar-refractivity contribution < 1.29 is 9.84 Å². The van der Waals surface area contributed by atoms with Gasteiger partial charge in [-0.15, -0.1) is 0 Å². The lowest BCUT2D eigenvalue weighted by Gasteiger charge is -2.19. The van der Waals surface area contributed by atoms with Crippen molar-refractivity contribution in [3.8, 4) is 0 Å². The molecule has 0 amide bonds. The topological polar surface area (TPSA) is 41.5 Å². The number of ether oxygens (including phenoxy) is 1. The summed E-state index contributed by atoms with van der Waals surface area (Å²) in [6.07, 6.45) is 4.79. The van der Waals surface area contributed by atoms with Gasteiger partial charge in [-0.25, -0.2) is 0 Å². The fourth-order valence-electron chi connectivity index (χ4n) is 2.73. The Morgan fingerprint density at radius 2 is 2.10 bits per heavy atom. The van der Waals surface area contributed by atoms with Crippen molar-refractivity contribution in [3.05, 3.63) is 35.4 Å². The summed E-state index contributed by atoms with van der Waals surface area (Å²) >= 11 is 0. The first-order valence-electron chi connectivity index (χ1n) is 7.75. The van der Waals surface area contributed by atoms with Crippen molar-refractivity contribution in [3.63, 3.8) is 0 Å². The number of hydrogen-bond donors (Lipinski definition) is 2. The van der Waals surface area contributed by atoms with Crippen molar-refractivity contribution in [2.75, 3.05) is 13.2 Å². The Balaban J connectivity index is 1.68. The third-order valence-corrected chi connectivity index (χ3v) is 4.03. The van der Waals surface area contributed by atoms with Crippen LogP contribution in [0.5, 0.6) is 0 Å². The van der Waals surface area contributed by atoms with Crippen molar-refractivity contribution in [1.29, 1.82) is 0 Å². The van der Waals surface area contributed by atoms with Gasteiger partial charge in [-0.1, -0.05) is 42.7 Å². The molecule has 0 aliphatic heterocycles. The minimum absolute atomic E-state index is 0.246. The van der Waals surface area contributed by atoms with E-state index in [0.717, 1.165) is 12.8 Å². The summed E-state index contributed by atoms with van der Waals surface area (Å²) in [7, 11) is 0. The Morgan fingerprint density at radius 1 is 1.35 bits per heavy atom. The largest absolute Gasteiger partial charge is 0.389 e. The van der Waals surface area contributed by atoms with E-state index in [1.165, 1.54) is 24.0 Å². The summed E-state index contributed by atoms with van der Waals surface area (Å²) < 4.78 is 5.73. The molecule has 20 heavy (non-hydrogen) atoms. The zero-order chi connectivity index (χ0) is 14.4. The second kappa shape index (κ2) is 7.77. The smallest absolute Gasteiger partial charge is 0.0898 e. The monoisotopic (exact) mass is 277 g/mol. The predicted molar refractivity (Wildman–Crippen MR) is 81.8 cm³/mol. The Hall–Kier alpha value is -0.900. The molecule has 0 aromatic heterocycles. The normalized spacial score (nSPS) is 19.1. The molecule has 2 rings (SSSR count). The molecule has 1 unspecified atom stereocenters. The number of aryl methyl sites for hydroxylation is 1. The van der Waals surface area contributed by atoms with E-state index in [1.807, 2.05) is 0 Å². The van der Waals surface area contributed by atoms with Crippen LogP contribution in [0.15, 0.2) is 24.3 Å². The van der Waals surface area contributed by atoms with Crippen LogP contribution in [0.4, 0.5) is 0 Å². The molecular formula is C17H27NO2. The zero-order valence-corrected chi connectivity index (χ0v) is 12.6. The minimum Gasteiger partial charge on any atom is -0.389 e. The van der Waals surface area contributed by atoms with E-state index in [9.17, 15) is 5.11 Å². The van der Waals surface area contributed by atoms with Crippen molar-refractivity contribution in [1.82, 2.24) is 5.32 Å². The van der Waals surface area contributed by atoms with Gasteiger partial charge < -0.3 is 15.2 Å². The quantitative estimate of drug-likeness (QED) is 0.805. The van der Waals surface area contributed by atoms with E-state index in [2.05, 4.69) is 43.4 Å². The van der Waals surface area contributed by atoms with Crippen LogP contribution in [0.1, 0.15) is 49.8 Å². The van der Waals surface area contributed by atoms with Crippen LogP contribution in [-0.4, -0.2) is 30.5 Å². The molecule has 0 saturated heterocycles. The number of aliphatic hydroxyl groups excluding tert-OH is 1. The van der Waals surface area contributed by atoms with Gasteiger partial charge in [0.15, 0.2) is 0 Å². The maximum atomic E-state index is 9.97. The molecule has 1 aromatic rings. The summed E-state index contributed by atoms with van der Waals surface area (Å²) in [4.78, 5) is 0. The number of rotatable bonds is 7. The summed E-state index contributed by atoms with van der Waals surface area (Å²) in [5.74, 6) is 0. The molecule has 3 nitrogen and oxygen atoms in total. The predicted octanol–water partition coefficient (Wildman–Crippen LogP) is 2.97. The van der Waals surface area contributed by atoms with Gasteiger partial charge in [-0.3, -0.25) is 0 Å². The molecule has 112 valence electrons. The maximum Gasteiger partial charge on any atom is 0.0898 e. The Labute approximate surface area is 122 Å². The minimum atomic E-state index is -0.428. The Morgan fingerprint density at radius 3 is 2.80 bits per heavy atom. The molecule has 1 aliphatic rings. The second-order valence-corrected chi connectivity index (χ2v) is 5.94. The highest BCUT2D eigenvalue weighted by molar-refractivity contribution is 5.24. The van der Waals surface area contributed by atoms with E-state index in [0.29, 0.717) is 19.3 Å². The average molecular weight is 277 g/mol. The Kier molecular flexibility index (Phi) is 6.02. The van der Waals surface area contributed by atoms with Gasteiger partial charge in [-0.2, -0.15) is 0 Å². The molecule has 1 saturated carbocycles. The number of benzene rings is 1. The van der Waals surface area contributed by atoms with Gasteiger partial charge in [0.05, 0.1) is 18.8 Å². The van der Waals surface area contributed by atoms with E-state index in [1.54, 1.807) is 0 Å². The van der Waals surface area contributed by atoms with Gasteiger partial charge in [0.2, 0.25) is 0 Å². The summed E-state index contributed by atoms with van der Waals surface area (Å²) in [6.45, 7) is 5.24. The van der Waals surface area contributed by atoms with Crippen molar-refractivity contribution >= 4 is 0 Å². The van der Waals surface area contributed by atoms with Gasteiger partial charge in [0.25, 0.3) is 0 Å². The summed E-state index contributed by atoms with van der Waals surface area (Å²) in [5, 5.41) is 13.3. The molecule has 0 spiro atoms. The summed E-state index contributed by atoms with van der Waals surface area (Å²) in [6, 6.07) is 8.71. The lowest BCUT2D eigenvalue weighted by molar-refractivity contribution is -0.00610. The average Bonchev–Trinajstić information content (AvgIpc) is 2.95. The first kappa shape index (κ1) is 15.5. The molecular weight excluding hydrogens is 250 g/mol.